The molecule has 0 bridgehead atoms. The smallest absolute Gasteiger partial charge is 0.128 e. The summed E-state index contributed by atoms with van der Waals surface area (Å²) in [6, 6.07) is 6.98. The van der Waals surface area contributed by atoms with Crippen LogP contribution in [0.15, 0.2) is 23.1 Å². The number of nitrogens with zero attached hydrogens (tertiary/aromatic N) is 1. The first-order valence-electron chi connectivity index (χ1n) is 3.92. The summed E-state index contributed by atoms with van der Waals surface area (Å²) in [5, 5.41) is 8.62. The van der Waals surface area contributed by atoms with E-state index in [0.29, 0.717) is 5.56 Å². The molecular weight excluding hydrogens is 185 g/mol. The molecule has 1 atom stereocenters. The van der Waals surface area contributed by atoms with Gasteiger partial charge in [-0.2, -0.15) is 5.26 Å². The van der Waals surface area contributed by atoms with Crippen LogP contribution >= 0.6 is 11.8 Å². The van der Waals surface area contributed by atoms with Crippen LogP contribution < -0.4 is 0 Å². The largest absolute Gasteiger partial charge is 0.207 e. The van der Waals surface area contributed by atoms with Gasteiger partial charge in [0, 0.05) is 10.5 Å². The molecule has 1 rings (SSSR count). The van der Waals surface area contributed by atoms with E-state index < -0.39 is 0 Å². The van der Waals surface area contributed by atoms with E-state index in [1.807, 2.05) is 18.4 Å². The first-order chi connectivity index (χ1) is 6.19. The van der Waals surface area contributed by atoms with E-state index in [1.54, 1.807) is 13.0 Å². The highest BCUT2D eigenvalue weighted by atomic mass is 32.2. The van der Waals surface area contributed by atoms with Gasteiger partial charge in [-0.05, 0) is 25.3 Å². The Morgan fingerprint density at radius 2 is 2.23 bits per heavy atom. The van der Waals surface area contributed by atoms with Crippen molar-refractivity contribution in [3.05, 3.63) is 29.6 Å². The van der Waals surface area contributed by atoms with Crippen molar-refractivity contribution >= 4 is 11.8 Å². The number of nitriles is 1. The Morgan fingerprint density at radius 1 is 1.54 bits per heavy atom. The Hall–Kier alpha value is -1.01. The van der Waals surface area contributed by atoms with Gasteiger partial charge in [0.2, 0.25) is 0 Å². The molecule has 0 radical (unpaired) electrons. The van der Waals surface area contributed by atoms with Crippen molar-refractivity contribution in [2.75, 3.05) is 6.26 Å². The lowest BCUT2D eigenvalue weighted by molar-refractivity contribution is 0.602. The highest BCUT2D eigenvalue weighted by molar-refractivity contribution is 7.98. The highest BCUT2D eigenvalue weighted by Gasteiger charge is 2.09. The van der Waals surface area contributed by atoms with Crippen LogP contribution in [0.5, 0.6) is 0 Å². The molecule has 0 amide bonds. The van der Waals surface area contributed by atoms with Gasteiger partial charge in [0.1, 0.15) is 5.82 Å². The third-order valence-electron chi connectivity index (χ3n) is 1.87. The molecule has 0 heterocycles. The number of hydrogen-bond acceptors (Lipinski definition) is 2. The van der Waals surface area contributed by atoms with Gasteiger partial charge in [-0.1, -0.05) is 6.07 Å². The molecule has 0 aliphatic heterocycles. The second-order valence-electron chi connectivity index (χ2n) is 2.74. The Labute approximate surface area is 81.6 Å². The Morgan fingerprint density at radius 3 is 2.69 bits per heavy atom. The standard InChI is InChI=1S/C10H10FNS/c1-7(6-12)9-4-3-8(13-2)5-10(9)11/h3-5,7H,1-2H3. The number of rotatable bonds is 2. The Bertz CT molecular complexity index is 343. The van der Waals surface area contributed by atoms with Crippen LogP contribution in [0.2, 0.25) is 0 Å². The molecule has 1 aromatic rings. The Balaban J connectivity index is 3.06. The maximum absolute atomic E-state index is 13.3. The van der Waals surface area contributed by atoms with Gasteiger partial charge in [0.05, 0.1) is 12.0 Å². The van der Waals surface area contributed by atoms with Crippen LogP contribution in [-0.4, -0.2) is 6.26 Å². The summed E-state index contributed by atoms with van der Waals surface area (Å²) >= 11 is 1.49. The zero-order chi connectivity index (χ0) is 9.84. The molecule has 1 nitrogen and oxygen atoms in total. The minimum absolute atomic E-state index is 0.291. The monoisotopic (exact) mass is 195 g/mol. The van der Waals surface area contributed by atoms with Gasteiger partial charge >= 0.3 is 0 Å². The fraction of sp³-hybridized carbons (Fsp3) is 0.300. The number of thioether (sulfide) groups is 1. The van der Waals surface area contributed by atoms with E-state index in [1.165, 1.54) is 17.8 Å². The zero-order valence-electron chi connectivity index (χ0n) is 7.54. The van der Waals surface area contributed by atoms with Crippen molar-refractivity contribution in [2.45, 2.75) is 17.7 Å². The van der Waals surface area contributed by atoms with E-state index in [4.69, 9.17) is 5.26 Å². The maximum Gasteiger partial charge on any atom is 0.128 e. The summed E-state index contributed by atoms with van der Waals surface area (Å²) in [5.74, 6) is -0.670. The van der Waals surface area contributed by atoms with E-state index >= 15 is 0 Å². The second kappa shape index (κ2) is 4.29. The summed E-state index contributed by atoms with van der Waals surface area (Å²) in [7, 11) is 0. The zero-order valence-corrected chi connectivity index (χ0v) is 8.36. The van der Waals surface area contributed by atoms with Crippen molar-refractivity contribution < 1.29 is 4.39 Å². The number of benzene rings is 1. The SMILES string of the molecule is CSc1ccc(C(C)C#N)c(F)c1. The molecule has 3 heteroatoms. The van der Waals surface area contributed by atoms with Crippen LogP contribution in [0, 0.1) is 17.1 Å². The van der Waals surface area contributed by atoms with Gasteiger partial charge in [-0.3, -0.25) is 0 Å². The summed E-state index contributed by atoms with van der Waals surface area (Å²) in [6.45, 7) is 1.69. The molecule has 0 aliphatic carbocycles. The molecule has 0 aromatic heterocycles. The first kappa shape index (κ1) is 10.1. The molecule has 0 spiro atoms. The van der Waals surface area contributed by atoms with E-state index in [-0.39, 0.29) is 11.7 Å². The van der Waals surface area contributed by atoms with Gasteiger partial charge in [-0.15, -0.1) is 11.8 Å². The van der Waals surface area contributed by atoms with Crippen LogP contribution in [0.1, 0.15) is 18.4 Å². The lowest BCUT2D eigenvalue weighted by atomic mass is 10.0. The molecule has 0 fully saturated rings. The quantitative estimate of drug-likeness (QED) is 0.677. The maximum atomic E-state index is 13.3. The third kappa shape index (κ3) is 2.22. The molecule has 0 saturated heterocycles. The van der Waals surface area contributed by atoms with Crippen LogP contribution in [0.25, 0.3) is 0 Å². The van der Waals surface area contributed by atoms with Crippen LogP contribution in [0.3, 0.4) is 0 Å². The van der Waals surface area contributed by atoms with E-state index in [0.717, 1.165) is 4.90 Å². The number of halogens is 1. The van der Waals surface area contributed by atoms with Gasteiger partial charge < -0.3 is 0 Å². The minimum atomic E-state index is -0.379. The predicted molar refractivity (Wildman–Crippen MR) is 52.2 cm³/mol. The van der Waals surface area contributed by atoms with Gasteiger partial charge in [0.15, 0.2) is 0 Å². The van der Waals surface area contributed by atoms with Gasteiger partial charge in [-0.25, -0.2) is 4.39 Å². The molecule has 1 aromatic carbocycles. The molecule has 0 aliphatic rings. The van der Waals surface area contributed by atoms with E-state index in [2.05, 4.69) is 0 Å². The summed E-state index contributed by atoms with van der Waals surface area (Å²) in [4.78, 5) is 0.881. The van der Waals surface area contributed by atoms with Crippen molar-refractivity contribution in [1.82, 2.24) is 0 Å². The second-order valence-corrected chi connectivity index (χ2v) is 3.62. The average molecular weight is 195 g/mol. The molecule has 0 saturated carbocycles. The minimum Gasteiger partial charge on any atom is -0.207 e. The fourth-order valence-corrected chi connectivity index (χ4v) is 1.48. The van der Waals surface area contributed by atoms with Crippen LogP contribution in [-0.2, 0) is 0 Å². The highest BCUT2D eigenvalue weighted by Crippen LogP contribution is 2.23. The normalized spacial score (nSPS) is 12.2. The molecular formula is C10H10FNS. The fourth-order valence-electron chi connectivity index (χ4n) is 1.06. The van der Waals surface area contributed by atoms with Crippen molar-refractivity contribution in [3.63, 3.8) is 0 Å². The van der Waals surface area contributed by atoms with Crippen molar-refractivity contribution in [2.24, 2.45) is 0 Å². The molecule has 68 valence electrons. The summed E-state index contributed by atoms with van der Waals surface area (Å²) < 4.78 is 13.3. The Kier molecular flexibility index (Phi) is 3.32. The van der Waals surface area contributed by atoms with Crippen molar-refractivity contribution in [1.29, 1.82) is 5.26 Å². The topological polar surface area (TPSA) is 23.8 Å². The van der Waals surface area contributed by atoms with Crippen molar-refractivity contribution in [3.8, 4) is 6.07 Å². The predicted octanol–water partition coefficient (Wildman–Crippen LogP) is 3.17. The first-order valence-corrected chi connectivity index (χ1v) is 5.14. The summed E-state index contributed by atoms with van der Waals surface area (Å²) in [5.41, 5.74) is 0.473. The third-order valence-corrected chi connectivity index (χ3v) is 2.59. The lowest BCUT2D eigenvalue weighted by Crippen LogP contribution is -1.94. The number of hydrogen-bond donors (Lipinski definition) is 0. The molecule has 0 N–H and O–H groups in total. The van der Waals surface area contributed by atoms with E-state index in [9.17, 15) is 4.39 Å². The van der Waals surface area contributed by atoms with Crippen LogP contribution in [0.4, 0.5) is 4.39 Å². The average Bonchev–Trinajstić information content (AvgIpc) is 2.16. The molecule has 13 heavy (non-hydrogen) atoms. The lowest BCUT2D eigenvalue weighted by Gasteiger charge is -2.05. The summed E-state index contributed by atoms with van der Waals surface area (Å²) in [6.07, 6.45) is 1.89. The molecule has 1 unspecified atom stereocenters. The van der Waals surface area contributed by atoms with Gasteiger partial charge in [0.25, 0.3) is 0 Å².